The summed E-state index contributed by atoms with van der Waals surface area (Å²) in [5.41, 5.74) is 1.18. The normalized spacial score (nSPS) is 11.7. The smallest absolute Gasteiger partial charge is 0.307 e. The summed E-state index contributed by atoms with van der Waals surface area (Å²) in [6.45, 7) is 1.70. The van der Waals surface area contributed by atoms with Gasteiger partial charge in [0.05, 0.1) is 12.6 Å². The molecule has 2 aromatic carbocycles. The van der Waals surface area contributed by atoms with Crippen molar-refractivity contribution in [1.29, 1.82) is 0 Å². The summed E-state index contributed by atoms with van der Waals surface area (Å²) in [6, 6.07) is 16.0. The third-order valence-electron chi connectivity index (χ3n) is 4.69. The van der Waals surface area contributed by atoms with E-state index in [1.165, 1.54) is 18.3 Å². The van der Waals surface area contributed by atoms with Gasteiger partial charge in [-0.2, -0.15) is 0 Å². The number of carbonyl (C=O) groups excluding carboxylic acids is 2. The maximum atomic E-state index is 13.1. The minimum absolute atomic E-state index is 0.0525. The van der Waals surface area contributed by atoms with Gasteiger partial charge in [-0.3, -0.25) is 9.59 Å². The lowest BCUT2D eigenvalue weighted by Gasteiger charge is -2.17. The van der Waals surface area contributed by atoms with E-state index in [-0.39, 0.29) is 24.5 Å². The van der Waals surface area contributed by atoms with Crippen molar-refractivity contribution in [3.63, 3.8) is 0 Å². The SMILES string of the molecule is Cc1cc(NC(=O)C(OC(=O)CCc2ncc(-c3ccc(F)cc3)o2)c2ccccc2)no1. The highest BCUT2D eigenvalue weighted by atomic mass is 19.1. The monoisotopic (exact) mass is 449 g/mol. The van der Waals surface area contributed by atoms with Gasteiger partial charge in [-0.05, 0) is 31.2 Å². The van der Waals surface area contributed by atoms with Gasteiger partial charge in [0.2, 0.25) is 6.10 Å². The Labute approximate surface area is 188 Å². The van der Waals surface area contributed by atoms with Crippen LogP contribution in [0.15, 0.2) is 75.8 Å². The number of aromatic nitrogens is 2. The lowest BCUT2D eigenvalue weighted by molar-refractivity contribution is -0.154. The second-order valence-corrected chi connectivity index (χ2v) is 7.22. The van der Waals surface area contributed by atoms with Crippen LogP contribution in [0.5, 0.6) is 0 Å². The molecule has 9 heteroatoms. The molecule has 4 aromatic rings. The zero-order valence-corrected chi connectivity index (χ0v) is 17.7. The average molecular weight is 449 g/mol. The van der Waals surface area contributed by atoms with Crippen molar-refractivity contribution in [2.75, 3.05) is 5.32 Å². The molecule has 0 saturated carbocycles. The van der Waals surface area contributed by atoms with Gasteiger partial charge in [0.25, 0.3) is 5.91 Å². The van der Waals surface area contributed by atoms with Crippen LogP contribution in [0.2, 0.25) is 0 Å². The summed E-state index contributed by atoms with van der Waals surface area (Å²) < 4.78 is 29.2. The van der Waals surface area contributed by atoms with Gasteiger partial charge in [-0.25, -0.2) is 9.37 Å². The van der Waals surface area contributed by atoms with Crippen molar-refractivity contribution in [3.05, 3.63) is 89.9 Å². The van der Waals surface area contributed by atoms with Gasteiger partial charge >= 0.3 is 5.97 Å². The summed E-state index contributed by atoms with van der Waals surface area (Å²) >= 11 is 0. The number of aryl methyl sites for hydroxylation is 2. The van der Waals surface area contributed by atoms with E-state index in [1.54, 1.807) is 55.5 Å². The van der Waals surface area contributed by atoms with Crippen molar-refractivity contribution in [1.82, 2.24) is 10.1 Å². The second kappa shape index (κ2) is 9.90. The van der Waals surface area contributed by atoms with Crippen LogP contribution in [0.25, 0.3) is 11.3 Å². The molecule has 168 valence electrons. The summed E-state index contributed by atoms with van der Waals surface area (Å²) in [7, 11) is 0. The van der Waals surface area contributed by atoms with E-state index >= 15 is 0 Å². The Morgan fingerprint density at radius 1 is 1.12 bits per heavy atom. The standard InChI is InChI=1S/C24H20FN3O5/c1-15-13-20(28-33-15)27-24(30)23(17-5-3-2-4-6-17)32-22(29)12-11-21-26-14-19(31-21)16-7-9-18(25)10-8-16/h2-10,13-14,23H,11-12H2,1H3,(H,27,28,30). The Kier molecular flexibility index (Phi) is 6.58. The van der Waals surface area contributed by atoms with Gasteiger partial charge in [0.1, 0.15) is 11.6 Å². The molecule has 0 bridgehead atoms. The fourth-order valence-electron chi connectivity index (χ4n) is 3.09. The lowest BCUT2D eigenvalue weighted by atomic mass is 10.1. The zero-order valence-electron chi connectivity index (χ0n) is 17.7. The molecular weight excluding hydrogens is 429 g/mol. The Morgan fingerprint density at radius 2 is 1.88 bits per heavy atom. The molecule has 8 nitrogen and oxygen atoms in total. The van der Waals surface area contributed by atoms with E-state index in [4.69, 9.17) is 13.7 Å². The molecule has 0 fully saturated rings. The van der Waals surface area contributed by atoms with E-state index in [2.05, 4.69) is 15.5 Å². The maximum absolute atomic E-state index is 13.1. The number of nitrogens with zero attached hydrogens (tertiary/aromatic N) is 2. The molecule has 2 aromatic heterocycles. The lowest BCUT2D eigenvalue weighted by Crippen LogP contribution is -2.26. The topological polar surface area (TPSA) is 107 Å². The first kappa shape index (κ1) is 21.9. The van der Waals surface area contributed by atoms with Crippen LogP contribution in [0.4, 0.5) is 10.2 Å². The Bertz CT molecular complexity index is 1230. The molecule has 1 amide bonds. The van der Waals surface area contributed by atoms with Crippen LogP contribution < -0.4 is 5.32 Å². The number of ether oxygens (including phenoxy) is 1. The maximum Gasteiger partial charge on any atom is 0.307 e. The van der Waals surface area contributed by atoms with Crippen LogP contribution in [0.1, 0.15) is 29.7 Å². The molecule has 0 aliphatic carbocycles. The Balaban J connectivity index is 1.39. The first-order valence-corrected chi connectivity index (χ1v) is 10.2. The minimum Gasteiger partial charge on any atom is -0.447 e. The number of carbonyl (C=O) groups is 2. The number of amides is 1. The molecule has 0 radical (unpaired) electrons. The van der Waals surface area contributed by atoms with E-state index in [1.807, 2.05) is 0 Å². The number of nitrogens with one attached hydrogen (secondary N) is 1. The molecule has 33 heavy (non-hydrogen) atoms. The van der Waals surface area contributed by atoms with Crippen molar-refractivity contribution >= 4 is 17.7 Å². The third kappa shape index (κ3) is 5.70. The van der Waals surface area contributed by atoms with E-state index in [0.717, 1.165) is 0 Å². The van der Waals surface area contributed by atoms with Gasteiger partial charge in [-0.1, -0.05) is 35.5 Å². The molecule has 0 aliphatic rings. The largest absolute Gasteiger partial charge is 0.447 e. The van der Waals surface area contributed by atoms with Crippen LogP contribution in [-0.2, 0) is 20.7 Å². The van der Waals surface area contributed by atoms with Crippen LogP contribution in [0, 0.1) is 12.7 Å². The van der Waals surface area contributed by atoms with Crippen molar-refractivity contribution < 1.29 is 27.7 Å². The average Bonchev–Trinajstić information content (AvgIpc) is 3.46. The number of halogens is 1. The molecule has 2 heterocycles. The molecule has 1 N–H and O–H groups in total. The van der Waals surface area contributed by atoms with Crippen LogP contribution in [0.3, 0.4) is 0 Å². The highest BCUT2D eigenvalue weighted by molar-refractivity contribution is 5.95. The molecule has 1 atom stereocenters. The van der Waals surface area contributed by atoms with Gasteiger partial charge in [0, 0.05) is 23.6 Å². The fraction of sp³-hybridized carbons (Fsp3) is 0.167. The fourth-order valence-corrected chi connectivity index (χ4v) is 3.09. The van der Waals surface area contributed by atoms with E-state index in [9.17, 15) is 14.0 Å². The molecule has 0 aliphatic heterocycles. The van der Waals surface area contributed by atoms with E-state index in [0.29, 0.717) is 28.5 Å². The predicted molar refractivity (Wildman–Crippen MR) is 115 cm³/mol. The molecular formula is C24H20FN3O5. The first-order chi connectivity index (χ1) is 16.0. The second-order valence-electron chi connectivity index (χ2n) is 7.22. The number of hydrogen-bond acceptors (Lipinski definition) is 7. The molecule has 0 saturated heterocycles. The quantitative estimate of drug-likeness (QED) is 0.391. The molecule has 1 unspecified atom stereocenters. The summed E-state index contributed by atoms with van der Waals surface area (Å²) in [5, 5.41) is 6.32. The number of esters is 1. The molecule has 0 spiro atoms. The summed E-state index contributed by atoms with van der Waals surface area (Å²) in [6.07, 6.45) is 0.456. The Morgan fingerprint density at radius 3 is 2.58 bits per heavy atom. The predicted octanol–water partition coefficient (Wildman–Crippen LogP) is 4.63. The number of oxazole rings is 1. The number of hydrogen-bond donors (Lipinski definition) is 1. The highest BCUT2D eigenvalue weighted by Crippen LogP contribution is 2.23. The van der Waals surface area contributed by atoms with Crippen LogP contribution >= 0.6 is 0 Å². The van der Waals surface area contributed by atoms with E-state index < -0.39 is 18.0 Å². The summed E-state index contributed by atoms with van der Waals surface area (Å²) in [4.78, 5) is 29.5. The third-order valence-corrected chi connectivity index (χ3v) is 4.69. The summed E-state index contributed by atoms with van der Waals surface area (Å²) in [5.74, 6) is 0.0336. The molecule has 4 rings (SSSR count). The zero-order chi connectivity index (χ0) is 23.2. The van der Waals surface area contributed by atoms with Gasteiger partial charge < -0.3 is 19.0 Å². The van der Waals surface area contributed by atoms with Crippen molar-refractivity contribution in [2.45, 2.75) is 25.9 Å². The first-order valence-electron chi connectivity index (χ1n) is 10.2. The number of rotatable bonds is 8. The van der Waals surface area contributed by atoms with Crippen molar-refractivity contribution in [2.24, 2.45) is 0 Å². The van der Waals surface area contributed by atoms with Crippen LogP contribution in [-0.4, -0.2) is 22.0 Å². The number of benzene rings is 2. The minimum atomic E-state index is -1.17. The highest BCUT2D eigenvalue weighted by Gasteiger charge is 2.26. The van der Waals surface area contributed by atoms with Gasteiger partial charge in [-0.15, -0.1) is 0 Å². The van der Waals surface area contributed by atoms with Crippen molar-refractivity contribution in [3.8, 4) is 11.3 Å². The van der Waals surface area contributed by atoms with Gasteiger partial charge in [0.15, 0.2) is 17.5 Å². The Hall–Kier alpha value is -4.27. The number of anilines is 1.